The molecular weight excluding hydrogens is 379 g/mol. The fourth-order valence-corrected chi connectivity index (χ4v) is 3.08. The summed E-state index contributed by atoms with van der Waals surface area (Å²) in [6.07, 6.45) is 2.16. The van der Waals surface area contributed by atoms with Crippen LogP contribution in [0.2, 0.25) is 0 Å². The molecule has 0 aliphatic rings. The lowest BCUT2D eigenvalue weighted by atomic mass is 10.1. The number of pyridine rings is 1. The van der Waals surface area contributed by atoms with Crippen molar-refractivity contribution in [1.82, 2.24) is 14.1 Å². The third kappa shape index (κ3) is 3.89. The fraction of sp³-hybridized carbons (Fsp3) is 0.300. The van der Waals surface area contributed by atoms with Crippen LogP contribution in [-0.4, -0.2) is 26.6 Å². The lowest BCUT2D eigenvalue weighted by molar-refractivity contribution is -0.116. The lowest BCUT2D eigenvalue weighted by Gasteiger charge is -2.15. The van der Waals surface area contributed by atoms with Gasteiger partial charge in [0.15, 0.2) is 5.65 Å². The highest BCUT2D eigenvalue weighted by Gasteiger charge is 2.20. The number of nitrogens with one attached hydrogen (secondary N) is 1. The van der Waals surface area contributed by atoms with Crippen LogP contribution in [0.1, 0.15) is 19.4 Å². The van der Waals surface area contributed by atoms with Crippen molar-refractivity contribution >= 4 is 22.6 Å². The average Bonchev–Trinajstić information content (AvgIpc) is 2.69. The number of rotatable bonds is 6. The van der Waals surface area contributed by atoms with Gasteiger partial charge < -0.3 is 10.1 Å². The number of ether oxygens (including phenoxy) is 1. The second-order valence-electron chi connectivity index (χ2n) is 6.39. The first-order valence-corrected chi connectivity index (χ1v) is 9.17. The summed E-state index contributed by atoms with van der Waals surface area (Å²) < 4.78 is 21.0. The van der Waals surface area contributed by atoms with Crippen LogP contribution in [0, 0.1) is 5.82 Å². The molecule has 2 heterocycles. The SMILES string of the molecule is CCOc1c(CC)cnc2c1c(=O)n(CC(=O)Nc1cccc(F)c1)c(=O)n2C. The van der Waals surface area contributed by atoms with Gasteiger partial charge in [-0.05, 0) is 31.5 Å². The van der Waals surface area contributed by atoms with Crippen molar-refractivity contribution in [2.24, 2.45) is 7.05 Å². The number of aromatic nitrogens is 3. The maximum absolute atomic E-state index is 13.3. The zero-order valence-electron chi connectivity index (χ0n) is 16.4. The van der Waals surface area contributed by atoms with E-state index in [1.54, 1.807) is 13.1 Å². The normalized spacial score (nSPS) is 10.9. The van der Waals surface area contributed by atoms with Crippen molar-refractivity contribution in [3.8, 4) is 5.75 Å². The van der Waals surface area contributed by atoms with Gasteiger partial charge in [-0.2, -0.15) is 0 Å². The summed E-state index contributed by atoms with van der Waals surface area (Å²) in [6.45, 7) is 3.49. The number of amides is 1. The van der Waals surface area contributed by atoms with E-state index >= 15 is 0 Å². The molecule has 1 N–H and O–H groups in total. The van der Waals surface area contributed by atoms with Gasteiger partial charge in [-0.15, -0.1) is 0 Å². The molecule has 0 aliphatic carbocycles. The van der Waals surface area contributed by atoms with E-state index in [0.717, 1.165) is 16.2 Å². The summed E-state index contributed by atoms with van der Waals surface area (Å²) in [5, 5.41) is 2.63. The molecule has 0 aliphatic heterocycles. The first-order chi connectivity index (χ1) is 13.9. The number of hydrogen-bond acceptors (Lipinski definition) is 5. The van der Waals surface area contributed by atoms with Gasteiger partial charge in [-0.3, -0.25) is 14.2 Å². The van der Waals surface area contributed by atoms with E-state index in [2.05, 4.69) is 10.3 Å². The maximum atomic E-state index is 13.3. The molecule has 8 nitrogen and oxygen atoms in total. The smallest absolute Gasteiger partial charge is 0.332 e. The Kier molecular flexibility index (Phi) is 5.76. The number of carbonyl (C=O) groups excluding carboxylic acids is 1. The molecule has 2 aromatic heterocycles. The Morgan fingerprint density at radius 2 is 2.03 bits per heavy atom. The number of nitrogens with zero attached hydrogens (tertiary/aromatic N) is 3. The predicted molar refractivity (Wildman–Crippen MR) is 107 cm³/mol. The molecule has 0 radical (unpaired) electrons. The van der Waals surface area contributed by atoms with E-state index in [1.165, 1.54) is 29.8 Å². The van der Waals surface area contributed by atoms with Gasteiger partial charge in [0.25, 0.3) is 5.56 Å². The third-order valence-electron chi connectivity index (χ3n) is 4.46. The molecule has 0 bridgehead atoms. The molecule has 1 aromatic carbocycles. The van der Waals surface area contributed by atoms with Gasteiger partial charge in [-0.1, -0.05) is 13.0 Å². The van der Waals surface area contributed by atoms with Crippen molar-refractivity contribution in [3.63, 3.8) is 0 Å². The molecule has 0 spiro atoms. The van der Waals surface area contributed by atoms with E-state index in [0.29, 0.717) is 18.8 Å². The summed E-state index contributed by atoms with van der Waals surface area (Å²) in [6, 6.07) is 5.34. The summed E-state index contributed by atoms with van der Waals surface area (Å²) >= 11 is 0. The minimum absolute atomic E-state index is 0.145. The number of benzene rings is 1. The molecule has 1 amide bonds. The van der Waals surface area contributed by atoms with Crippen molar-refractivity contribution in [1.29, 1.82) is 0 Å². The second-order valence-corrected chi connectivity index (χ2v) is 6.39. The maximum Gasteiger partial charge on any atom is 0.332 e. The van der Waals surface area contributed by atoms with Crippen LogP contribution in [0.3, 0.4) is 0 Å². The number of fused-ring (bicyclic) bond motifs is 1. The van der Waals surface area contributed by atoms with Crippen LogP contribution >= 0.6 is 0 Å². The van der Waals surface area contributed by atoms with Crippen LogP contribution < -0.4 is 21.3 Å². The second kappa shape index (κ2) is 8.26. The van der Waals surface area contributed by atoms with Crippen molar-refractivity contribution in [3.05, 3.63) is 62.7 Å². The zero-order chi connectivity index (χ0) is 21.1. The van der Waals surface area contributed by atoms with Crippen LogP contribution in [0.5, 0.6) is 5.75 Å². The number of carbonyl (C=O) groups is 1. The van der Waals surface area contributed by atoms with E-state index in [1.807, 2.05) is 6.92 Å². The minimum Gasteiger partial charge on any atom is -0.493 e. The van der Waals surface area contributed by atoms with Gasteiger partial charge in [0.05, 0.1) is 6.61 Å². The summed E-state index contributed by atoms with van der Waals surface area (Å²) in [7, 11) is 1.47. The highest BCUT2D eigenvalue weighted by Crippen LogP contribution is 2.25. The largest absolute Gasteiger partial charge is 0.493 e. The molecule has 0 saturated carbocycles. The van der Waals surface area contributed by atoms with Crippen LogP contribution in [0.15, 0.2) is 40.1 Å². The van der Waals surface area contributed by atoms with Crippen molar-refractivity contribution in [2.45, 2.75) is 26.8 Å². The molecule has 0 atom stereocenters. The number of aryl methyl sites for hydroxylation is 2. The summed E-state index contributed by atoms with van der Waals surface area (Å²) in [5.74, 6) is -0.785. The van der Waals surface area contributed by atoms with Crippen LogP contribution in [0.4, 0.5) is 10.1 Å². The predicted octanol–water partition coefficient (Wildman–Crippen LogP) is 1.83. The van der Waals surface area contributed by atoms with Crippen molar-refractivity contribution in [2.75, 3.05) is 11.9 Å². The van der Waals surface area contributed by atoms with Gasteiger partial charge in [0.1, 0.15) is 23.5 Å². The molecule has 9 heteroatoms. The molecular formula is C20H21FN4O4. The lowest BCUT2D eigenvalue weighted by Crippen LogP contribution is -2.42. The van der Waals surface area contributed by atoms with E-state index in [4.69, 9.17) is 4.74 Å². The highest BCUT2D eigenvalue weighted by molar-refractivity contribution is 5.91. The number of anilines is 1. The minimum atomic E-state index is -0.684. The number of halogens is 1. The Balaban J connectivity index is 2.10. The van der Waals surface area contributed by atoms with Crippen LogP contribution in [0.25, 0.3) is 11.0 Å². The third-order valence-corrected chi connectivity index (χ3v) is 4.46. The Hall–Kier alpha value is -3.49. The van der Waals surface area contributed by atoms with Gasteiger partial charge in [-0.25, -0.2) is 18.7 Å². The Morgan fingerprint density at radius 3 is 2.69 bits per heavy atom. The quantitative estimate of drug-likeness (QED) is 0.681. The molecule has 29 heavy (non-hydrogen) atoms. The topological polar surface area (TPSA) is 95.2 Å². The Bertz CT molecular complexity index is 1200. The van der Waals surface area contributed by atoms with E-state index in [-0.39, 0.29) is 16.7 Å². The molecule has 0 saturated heterocycles. The van der Waals surface area contributed by atoms with E-state index < -0.39 is 29.5 Å². The fourth-order valence-electron chi connectivity index (χ4n) is 3.08. The summed E-state index contributed by atoms with van der Waals surface area (Å²) in [5.41, 5.74) is -0.210. The van der Waals surface area contributed by atoms with E-state index in [9.17, 15) is 18.8 Å². The van der Waals surface area contributed by atoms with Gasteiger partial charge in [0, 0.05) is 24.5 Å². The zero-order valence-corrected chi connectivity index (χ0v) is 16.4. The average molecular weight is 400 g/mol. The molecule has 0 fully saturated rings. The first kappa shape index (κ1) is 20.2. The standard InChI is InChI=1S/C20H21FN4O4/c1-4-12-10-22-18-16(17(12)29-5-2)19(27)25(20(28)24(18)3)11-15(26)23-14-8-6-7-13(21)9-14/h6-10H,4-5,11H2,1-3H3,(H,23,26). The Morgan fingerprint density at radius 1 is 1.28 bits per heavy atom. The van der Waals surface area contributed by atoms with Gasteiger partial charge >= 0.3 is 5.69 Å². The molecule has 152 valence electrons. The van der Waals surface area contributed by atoms with Crippen LogP contribution in [-0.2, 0) is 24.8 Å². The molecule has 3 aromatic rings. The monoisotopic (exact) mass is 400 g/mol. The van der Waals surface area contributed by atoms with Crippen molar-refractivity contribution < 1.29 is 13.9 Å². The molecule has 3 rings (SSSR count). The summed E-state index contributed by atoms with van der Waals surface area (Å²) in [4.78, 5) is 42.4. The van der Waals surface area contributed by atoms with Gasteiger partial charge in [0.2, 0.25) is 5.91 Å². The molecule has 0 unspecified atom stereocenters. The number of hydrogen-bond donors (Lipinski definition) is 1. The highest BCUT2D eigenvalue weighted by atomic mass is 19.1. The first-order valence-electron chi connectivity index (χ1n) is 9.17. The Labute approximate surface area is 165 Å².